The van der Waals surface area contributed by atoms with Gasteiger partial charge in [0.2, 0.25) is 0 Å². The summed E-state index contributed by atoms with van der Waals surface area (Å²) in [5.74, 6) is 1.72. The van der Waals surface area contributed by atoms with E-state index >= 15 is 0 Å². The predicted molar refractivity (Wildman–Crippen MR) is 83.3 cm³/mol. The normalized spacial score (nSPS) is 10.1. The molecule has 20 heavy (non-hydrogen) atoms. The summed E-state index contributed by atoms with van der Waals surface area (Å²) < 4.78 is 5.66. The van der Waals surface area contributed by atoms with E-state index in [4.69, 9.17) is 10.00 Å². The van der Waals surface area contributed by atoms with Crippen molar-refractivity contribution >= 4 is 11.8 Å². The van der Waals surface area contributed by atoms with Gasteiger partial charge < -0.3 is 4.74 Å². The molecule has 0 radical (unpaired) electrons. The molecule has 0 amide bonds. The zero-order valence-corrected chi connectivity index (χ0v) is 12.5. The number of rotatable bonds is 5. The van der Waals surface area contributed by atoms with Crippen molar-refractivity contribution < 1.29 is 4.74 Å². The monoisotopic (exact) mass is 283 g/mol. The van der Waals surface area contributed by atoms with Crippen LogP contribution in [0, 0.1) is 25.2 Å². The molecular formula is C17H17NOS. The number of benzene rings is 2. The van der Waals surface area contributed by atoms with Gasteiger partial charge in [-0.1, -0.05) is 17.7 Å². The minimum Gasteiger partial charge on any atom is -0.493 e. The van der Waals surface area contributed by atoms with E-state index in [-0.39, 0.29) is 0 Å². The van der Waals surface area contributed by atoms with Crippen LogP contribution in [-0.4, -0.2) is 12.4 Å². The number of aryl methyl sites for hydroxylation is 2. The molecule has 0 bridgehead atoms. The molecule has 2 aromatic carbocycles. The van der Waals surface area contributed by atoms with Gasteiger partial charge >= 0.3 is 0 Å². The molecule has 2 rings (SSSR count). The second kappa shape index (κ2) is 7.02. The molecular weight excluding hydrogens is 266 g/mol. The predicted octanol–water partition coefficient (Wildman–Crippen LogP) is 4.35. The second-order valence-electron chi connectivity index (χ2n) is 4.60. The first kappa shape index (κ1) is 14.5. The molecule has 0 fully saturated rings. The van der Waals surface area contributed by atoms with Crippen molar-refractivity contribution in [1.82, 2.24) is 0 Å². The number of hydrogen-bond donors (Lipinski definition) is 0. The van der Waals surface area contributed by atoms with Gasteiger partial charge in [-0.05, 0) is 49.7 Å². The summed E-state index contributed by atoms with van der Waals surface area (Å²) in [6.07, 6.45) is 0. The first-order chi connectivity index (χ1) is 9.69. The Balaban J connectivity index is 1.80. The third-order valence-electron chi connectivity index (χ3n) is 2.92. The van der Waals surface area contributed by atoms with E-state index in [1.165, 1.54) is 16.0 Å². The van der Waals surface area contributed by atoms with E-state index < -0.39 is 0 Å². The standard InChI is InChI=1S/C17H17NOS/c1-13-3-8-17(14(2)11-13)20-10-9-19-16-6-4-15(12-18)5-7-16/h3-8,11H,9-10H2,1-2H3. The molecule has 0 aliphatic rings. The lowest BCUT2D eigenvalue weighted by molar-refractivity contribution is 0.344. The van der Waals surface area contributed by atoms with Crippen molar-refractivity contribution in [1.29, 1.82) is 5.26 Å². The van der Waals surface area contributed by atoms with Gasteiger partial charge in [0.1, 0.15) is 5.75 Å². The molecule has 0 spiro atoms. The van der Waals surface area contributed by atoms with Gasteiger partial charge in [-0.15, -0.1) is 11.8 Å². The van der Waals surface area contributed by atoms with Crippen LogP contribution in [-0.2, 0) is 0 Å². The molecule has 3 heteroatoms. The Morgan fingerprint density at radius 3 is 2.50 bits per heavy atom. The van der Waals surface area contributed by atoms with E-state index in [1.807, 2.05) is 12.1 Å². The fourth-order valence-electron chi connectivity index (χ4n) is 1.90. The Hall–Kier alpha value is -1.92. The molecule has 0 unspecified atom stereocenters. The second-order valence-corrected chi connectivity index (χ2v) is 5.74. The van der Waals surface area contributed by atoms with Crippen molar-refractivity contribution in [3.63, 3.8) is 0 Å². The highest BCUT2D eigenvalue weighted by molar-refractivity contribution is 7.99. The van der Waals surface area contributed by atoms with Crippen LogP contribution in [0.2, 0.25) is 0 Å². The van der Waals surface area contributed by atoms with Crippen LogP contribution in [0.5, 0.6) is 5.75 Å². The molecule has 2 nitrogen and oxygen atoms in total. The molecule has 0 aromatic heterocycles. The Labute approximate surface area is 124 Å². The van der Waals surface area contributed by atoms with Crippen LogP contribution in [0.1, 0.15) is 16.7 Å². The van der Waals surface area contributed by atoms with Crippen LogP contribution in [0.25, 0.3) is 0 Å². The maximum atomic E-state index is 8.72. The summed E-state index contributed by atoms with van der Waals surface area (Å²) in [4.78, 5) is 1.30. The number of ether oxygens (including phenoxy) is 1. The highest BCUT2D eigenvalue weighted by Crippen LogP contribution is 2.23. The highest BCUT2D eigenvalue weighted by atomic mass is 32.2. The molecule has 0 aliphatic carbocycles. The Morgan fingerprint density at radius 1 is 1.10 bits per heavy atom. The number of hydrogen-bond acceptors (Lipinski definition) is 3. The topological polar surface area (TPSA) is 33.0 Å². The van der Waals surface area contributed by atoms with Crippen LogP contribution in [0.3, 0.4) is 0 Å². The molecule has 2 aromatic rings. The molecule has 0 atom stereocenters. The van der Waals surface area contributed by atoms with Crippen LogP contribution >= 0.6 is 11.8 Å². The summed E-state index contributed by atoms with van der Waals surface area (Å²) in [5.41, 5.74) is 3.26. The average molecular weight is 283 g/mol. The zero-order valence-electron chi connectivity index (χ0n) is 11.7. The highest BCUT2D eigenvalue weighted by Gasteiger charge is 2.00. The third-order valence-corrected chi connectivity index (χ3v) is 4.06. The third kappa shape index (κ3) is 4.04. The van der Waals surface area contributed by atoms with Gasteiger partial charge in [-0.25, -0.2) is 0 Å². The summed E-state index contributed by atoms with van der Waals surface area (Å²) >= 11 is 1.81. The molecule has 0 saturated heterocycles. The lowest BCUT2D eigenvalue weighted by atomic mass is 10.2. The summed E-state index contributed by atoms with van der Waals surface area (Å²) in [7, 11) is 0. The van der Waals surface area contributed by atoms with Crippen molar-refractivity contribution in [2.24, 2.45) is 0 Å². The minimum atomic E-state index is 0.655. The first-order valence-electron chi connectivity index (χ1n) is 6.52. The number of thioether (sulfide) groups is 1. The van der Waals surface area contributed by atoms with E-state index in [2.05, 4.69) is 38.1 Å². The van der Waals surface area contributed by atoms with Crippen molar-refractivity contribution in [3.05, 3.63) is 59.2 Å². The molecule has 0 heterocycles. The summed E-state index contributed by atoms with van der Waals surface area (Å²) in [6.45, 7) is 4.90. The molecule has 102 valence electrons. The van der Waals surface area contributed by atoms with Crippen molar-refractivity contribution in [2.45, 2.75) is 18.7 Å². The Morgan fingerprint density at radius 2 is 1.85 bits per heavy atom. The summed E-state index contributed by atoms with van der Waals surface area (Å²) in [6, 6.07) is 15.8. The maximum Gasteiger partial charge on any atom is 0.119 e. The van der Waals surface area contributed by atoms with Gasteiger partial charge in [-0.3, -0.25) is 0 Å². The smallest absolute Gasteiger partial charge is 0.119 e. The van der Waals surface area contributed by atoms with Gasteiger partial charge in [0.15, 0.2) is 0 Å². The zero-order chi connectivity index (χ0) is 14.4. The number of nitriles is 1. The Bertz CT molecular complexity index is 614. The SMILES string of the molecule is Cc1ccc(SCCOc2ccc(C#N)cc2)c(C)c1. The summed E-state index contributed by atoms with van der Waals surface area (Å²) in [5, 5.41) is 8.72. The first-order valence-corrected chi connectivity index (χ1v) is 7.50. The van der Waals surface area contributed by atoms with Crippen molar-refractivity contribution in [2.75, 3.05) is 12.4 Å². The molecule has 0 aliphatic heterocycles. The lowest BCUT2D eigenvalue weighted by Gasteiger charge is -2.08. The van der Waals surface area contributed by atoms with Gasteiger partial charge in [0, 0.05) is 10.6 Å². The van der Waals surface area contributed by atoms with Gasteiger partial charge in [0.25, 0.3) is 0 Å². The van der Waals surface area contributed by atoms with Crippen LogP contribution in [0.4, 0.5) is 0 Å². The maximum absolute atomic E-state index is 8.72. The van der Waals surface area contributed by atoms with Crippen LogP contribution < -0.4 is 4.74 Å². The lowest BCUT2D eigenvalue weighted by Crippen LogP contribution is -2.00. The Kier molecular flexibility index (Phi) is 5.09. The quantitative estimate of drug-likeness (QED) is 0.604. The van der Waals surface area contributed by atoms with Gasteiger partial charge in [0.05, 0.1) is 18.2 Å². The van der Waals surface area contributed by atoms with Gasteiger partial charge in [-0.2, -0.15) is 5.26 Å². The molecule has 0 saturated carbocycles. The molecule has 0 N–H and O–H groups in total. The number of nitrogens with zero attached hydrogens (tertiary/aromatic N) is 1. The van der Waals surface area contributed by atoms with Crippen molar-refractivity contribution in [3.8, 4) is 11.8 Å². The average Bonchev–Trinajstić information content (AvgIpc) is 2.46. The van der Waals surface area contributed by atoms with Crippen LogP contribution in [0.15, 0.2) is 47.4 Å². The van der Waals surface area contributed by atoms with E-state index in [0.717, 1.165) is 11.5 Å². The fourth-order valence-corrected chi connectivity index (χ4v) is 2.74. The van der Waals surface area contributed by atoms with E-state index in [1.54, 1.807) is 23.9 Å². The largest absolute Gasteiger partial charge is 0.493 e. The van der Waals surface area contributed by atoms with E-state index in [9.17, 15) is 0 Å². The minimum absolute atomic E-state index is 0.655. The fraction of sp³-hybridized carbons (Fsp3) is 0.235. The van der Waals surface area contributed by atoms with E-state index in [0.29, 0.717) is 12.2 Å².